The molecule has 2 aliphatic rings. The first-order valence-electron chi connectivity index (χ1n) is 8.49. The summed E-state index contributed by atoms with van der Waals surface area (Å²) in [5.41, 5.74) is 1.72. The number of hydrogen-bond acceptors (Lipinski definition) is 5. The maximum atomic E-state index is 12.3. The second kappa shape index (κ2) is 8.02. The number of carbonyl (C=O) groups is 1. The molecule has 2 saturated heterocycles. The van der Waals surface area contributed by atoms with Crippen molar-refractivity contribution in [3.8, 4) is 6.07 Å². The number of rotatable bonds is 5. The van der Waals surface area contributed by atoms with Gasteiger partial charge in [0.25, 0.3) is 0 Å². The number of nitriles is 1. The van der Waals surface area contributed by atoms with Crippen molar-refractivity contribution in [3.05, 3.63) is 35.4 Å². The van der Waals surface area contributed by atoms with Gasteiger partial charge in [0.2, 0.25) is 5.91 Å². The zero-order valence-corrected chi connectivity index (χ0v) is 15.0. The minimum Gasteiger partial charge on any atom is -0.326 e. The highest BCUT2D eigenvalue weighted by Gasteiger charge is 2.32. The summed E-state index contributed by atoms with van der Waals surface area (Å²) >= 11 is 1.66. The van der Waals surface area contributed by atoms with Gasteiger partial charge < -0.3 is 14.7 Å². The number of carbonyl (C=O) groups excluding carboxylic acids is 1. The van der Waals surface area contributed by atoms with Crippen molar-refractivity contribution in [1.29, 1.82) is 5.26 Å². The van der Waals surface area contributed by atoms with Crippen LogP contribution in [0.2, 0.25) is 0 Å². The van der Waals surface area contributed by atoms with Crippen LogP contribution in [0.5, 0.6) is 0 Å². The van der Waals surface area contributed by atoms with Gasteiger partial charge in [-0.1, -0.05) is 12.1 Å². The summed E-state index contributed by atoms with van der Waals surface area (Å²) in [4.78, 5) is 19.1. The van der Waals surface area contributed by atoms with E-state index in [0.29, 0.717) is 11.3 Å². The second-order valence-corrected chi connectivity index (χ2v) is 7.55. The molecule has 128 valence electrons. The molecule has 0 aliphatic carbocycles. The average molecular weight is 344 g/mol. The Labute approximate surface area is 148 Å². The molecule has 0 saturated carbocycles. The van der Waals surface area contributed by atoms with Gasteiger partial charge in [0, 0.05) is 32.7 Å². The highest BCUT2D eigenvalue weighted by molar-refractivity contribution is 8.00. The average Bonchev–Trinajstić information content (AvgIpc) is 2.98. The highest BCUT2D eigenvalue weighted by atomic mass is 32.2. The third-order valence-electron chi connectivity index (χ3n) is 4.74. The van der Waals surface area contributed by atoms with E-state index in [1.807, 2.05) is 29.2 Å². The Balaban J connectivity index is 1.56. The SMILES string of the molecule is CN1CCN(CCCN2C(=O)CSC2c2cccc(C#N)c2)CC1. The molecule has 1 amide bonds. The summed E-state index contributed by atoms with van der Waals surface area (Å²) in [6.07, 6.45) is 1.00. The molecule has 6 heteroatoms. The predicted molar refractivity (Wildman–Crippen MR) is 96.6 cm³/mol. The lowest BCUT2D eigenvalue weighted by atomic mass is 10.1. The third kappa shape index (κ3) is 4.10. The van der Waals surface area contributed by atoms with Crippen LogP contribution in [0, 0.1) is 11.3 Å². The van der Waals surface area contributed by atoms with Crippen LogP contribution in [0.25, 0.3) is 0 Å². The van der Waals surface area contributed by atoms with E-state index in [2.05, 4.69) is 22.9 Å². The molecule has 3 rings (SSSR count). The first kappa shape index (κ1) is 17.3. The molecule has 1 atom stereocenters. The van der Waals surface area contributed by atoms with Crippen LogP contribution in [-0.2, 0) is 4.79 Å². The predicted octanol–water partition coefficient (Wildman–Crippen LogP) is 1.77. The van der Waals surface area contributed by atoms with Crippen LogP contribution >= 0.6 is 11.8 Å². The maximum absolute atomic E-state index is 12.3. The van der Waals surface area contributed by atoms with Gasteiger partial charge in [0.05, 0.1) is 17.4 Å². The van der Waals surface area contributed by atoms with Crippen LogP contribution in [0.4, 0.5) is 0 Å². The summed E-state index contributed by atoms with van der Waals surface area (Å²) in [7, 11) is 2.16. The van der Waals surface area contributed by atoms with E-state index in [4.69, 9.17) is 5.26 Å². The van der Waals surface area contributed by atoms with E-state index < -0.39 is 0 Å². The van der Waals surface area contributed by atoms with Gasteiger partial charge in [0.15, 0.2) is 0 Å². The quantitative estimate of drug-likeness (QED) is 0.815. The minimum atomic E-state index is 0.0540. The number of piperazine rings is 1. The zero-order valence-electron chi connectivity index (χ0n) is 14.1. The molecule has 2 heterocycles. The number of likely N-dealkylation sites (N-methyl/N-ethyl adjacent to an activating group) is 1. The van der Waals surface area contributed by atoms with Gasteiger partial charge >= 0.3 is 0 Å². The molecule has 0 radical (unpaired) electrons. The Morgan fingerprint density at radius 3 is 2.79 bits per heavy atom. The molecule has 2 fully saturated rings. The van der Waals surface area contributed by atoms with E-state index in [1.165, 1.54) is 0 Å². The maximum Gasteiger partial charge on any atom is 0.233 e. The van der Waals surface area contributed by atoms with Gasteiger partial charge in [-0.15, -0.1) is 11.8 Å². The molecule has 1 aromatic carbocycles. The second-order valence-electron chi connectivity index (χ2n) is 6.49. The van der Waals surface area contributed by atoms with Crippen molar-refractivity contribution >= 4 is 17.7 Å². The summed E-state index contributed by atoms with van der Waals surface area (Å²) in [6, 6.07) is 9.82. The van der Waals surface area contributed by atoms with Crippen molar-refractivity contribution < 1.29 is 4.79 Å². The van der Waals surface area contributed by atoms with Crippen molar-refractivity contribution in [1.82, 2.24) is 14.7 Å². The van der Waals surface area contributed by atoms with Crippen LogP contribution in [0.15, 0.2) is 24.3 Å². The normalized spacial score (nSPS) is 22.8. The summed E-state index contributed by atoms with van der Waals surface area (Å²) in [5, 5.41) is 9.13. The summed E-state index contributed by atoms with van der Waals surface area (Å²) in [5.74, 6) is 0.751. The fraction of sp³-hybridized carbons (Fsp3) is 0.556. The molecule has 1 aromatic rings. The lowest BCUT2D eigenvalue weighted by Gasteiger charge is -2.33. The first-order valence-corrected chi connectivity index (χ1v) is 9.54. The number of hydrogen-bond donors (Lipinski definition) is 0. The Kier molecular flexibility index (Phi) is 5.77. The van der Waals surface area contributed by atoms with Crippen LogP contribution in [-0.4, -0.2) is 72.7 Å². The zero-order chi connectivity index (χ0) is 16.9. The molecule has 1 unspecified atom stereocenters. The summed E-state index contributed by atoms with van der Waals surface area (Å²) in [6.45, 7) is 6.33. The topological polar surface area (TPSA) is 50.6 Å². The molecule has 0 aromatic heterocycles. The number of nitrogens with zero attached hydrogens (tertiary/aromatic N) is 4. The number of thioether (sulfide) groups is 1. The van der Waals surface area contributed by atoms with Crippen molar-refractivity contribution in [2.45, 2.75) is 11.8 Å². The fourth-order valence-corrected chi connectivity index (χ4v) is 4.48. The van der Waals surface area contributed by atoms with Crippen LogP contribution < -0.4 is 0 Å². The van der Waals surface area contributed by atoms with Gasteiger partial charge in [-0.3, -0.25) is 4.79 Å². The largest absolute Gasteiger partial charge is 0.326 e. The number of amides is 1. The third-order valence-corrected chi connectivity index (χ3v) is 5.99. The van der Waals surface area contributed by atoms with Gasteiger partial charge in [-0.2, -0.15) is 5.26 Å². The smallest absolute Gasteiger partial charge is 0.233 e. The fourth-order valence-electron chi connectivity index (χ4n) is 3.27. The van der Waals surface area contributed by atoms with E-state index in [-0.39, 0.29) is 11.3 Å². The molecule has 0 spiro atoms. The molecule has 0 bridgehead atoms. The monoisotopic (exact) mass is 344 g/mol. The highest BCUT2D eigenvalue weighted by Crippen LogP contribution is 2.38. The lowest BCUT2D eigenvalue weighted by Crippen LogP contribution is -2.45. The van der Waals surface area contributed by atoms with Gasteiger partial charge in [0.1, 0.15) is 5.37 Å². The Bertz CT molecular complexity index is 622. The first-order chi connectivity index (χ1) is 11.7. The molecule has 0 N–H and O–H groups in total. The van der Waals surface area contributed by atoms with Crippen molar-refractivity contribution in [2.75, 3.05) is 52.1 Å². The molecule has 24 heavy (non-hydrogen) atoms. The van der Waals surface area contributed by atoms with E-state index >= 15 is 0 Å². The van der Waals surface area contributed by atoms with E-state index in [1.54, 1.807) is 11.8 Å². The Morgan fingerprint density at radius 1 is 1.25 bits per heavy atom. The van der Waals surface area contributed by atoms with Crippen molar-refractivity contribution in [3.63, 3.8) is 0 Å². The van der Waals surface area contributed by atoms with Gasteiger partial charge in [-0.05, 0) is 37.7 Å². The molecule has 5 nitrogen and oxygen atoms in total. The standard InChI is InChI=1S/C18H24N4OS/c1-20-8-10-21(11-9-20)6-3-7-22-17(23)14-24-18(22)16-5-2-4-15(12-16)13-19/h2,4-5,12,18H,3,6-11,14H2,1H3. The molecular weight excluding hydrogens is 320 g/mol. The van der Waals surface area contributed by atoms with Crippen LogP contribution in [0.1, 0.15) is 22.9 Å². The van der Waals surface area contributed by atoms with Crippen LogP contribution in [0.3, 0.4) is 0 Å². The Hall–Kier alpha value is -1.55. The van der Waals surface area contributed by atoms with Gasteiger partial charge in [-0.25, -0.2) is 0 Å². The van der Waals surface area contributed by atoms with E-state index in [0.717, 1.165) is 51.3 Å². The van der Waals surface area contributed by atoms with E-state index in [9.17, 15) is 4.79 Å². The number of benzene rings is 1. The minimum absolute atomic E-state index is 0.0540. The molecule has 2 aliphatic heterocycles. The lowest BCUT2D eigenvalue weighted by molar-refractivity contribution is -0.128. The molecular formula is C18H24N4OS. The van der Waals surface area contributed by atoms with Crippen molar-refractivity contribution in [2.24, 2.45) is 0 Å². The summed E-state index contributed by atoms with van der Waals surface area (Å²) < 4.78 is 0. The Morgan fingerprint density at radius 2 is 2.04 bits per heavy atom.